The highest BCUT2D eigenvalue weighted by atomic mass is 28.3. The molecule has 0 spiro atoms. The summed E-state index contributed by atoms with van der Waals surface area (Å²) in [4.78, 5) is 4.73. The Morgan fingerprint density at radius 2 is 1.24 bits per heavy atom. The van der Waals surface area contributed by atoms with Gasteiger partial charge in [-0.3, -0.25) is 4.57 Å². The summed E-state index contributed by atoms with van der Waals surface area (Å²) in [5.74, 6) is 0.535. The highest BCUT2D eigenvalue weighted by molar-refractivity contribution is 7.20. The van der Waals surface area contributed by atoms with Crippen molar-refractivity contribution in [1.29, 1.82) is 0 Å². The second kappa shape index (κ2) is 11.6. The number of hydrogen-bond acceptors (Lipinski definition) is 1. The smallest absolute Gasteiger partial charge is 0.249 e. The van der Waals surface area contributed by atoms with E-state index in [0.717, 1.165) is 43.4 Å². The first kappa shape index (κ1) is 23.3. The minimum absolute atomic E-state index is 0.228. The van der Waals surface area contributed by atoms with Crippen LogP contribution in [0.25, 0.3) is 44.3 Å². The van der Waals surface area contributed by atoms with Crippen molar-refractivity contribution in [1.82, 2.24) is 14.1 Å². The summed E-state index contributed by atoms with van der Waals surface area (Å²) in [5, 5.41) is 6.67. The van der Waals surface area contributed by atoms with Crippen LogP contribution in [0.4, 0.5) is 0 Å². The lowest BCUT2D eigenvalue weighted by Crippen LogP contribution is -2.74. The number of rotatable bonds is 6. The van der Waals surface area contributed by atoms with Crippen LogP contribution in [0.1, 0.15) is 13.8 Å². The molecule has 0 saturated carbocycles. The van der Waals surface area contributed by atoms with Crippen LogP contribution in [0.15, 0.2) is 176 Å². The number of fused-ring (bicyclic) bond motifs is 4. The summed E-state index contributed by atoms with van der Waals surface area (Å²) in [6.07, 6.45) is 3.25. The molecule has 0 fully saturated rings. The fourth-order valence-corrected chi connectivity index (χ4v) is 12.4. The Hall–Kier alpha value is -6.04. The molecule has 0 atom stereocenters. The van der Waals surface area contributed by atoms with Crippen molar-refractivity contribution in [3.05, 3.63) is 182 Å². The maximum absolute atomic E-state index is 8.29. The molecule has 9 rings (SSSR count). The zero-order valence-electron chi connectivity index (χ0n) is 32.5. The Labute approximate surface area is 295 Å². The van der Waals surface area contributed by atoms with Crippen LogP contribution in [0, 0.1) is 6.85 Å². The maximum Gasteiger partial charge on any atom is 0.249 e. The van der Waals surface area contributed by atoms with E-state index in [2.05, 4.69) is 95.6 Å². The Bertz CT molecular complexity index is 2820. The second-order valence-corrected chi connectivity index (χ2v) is 16.2. The van der Waals surface area contributed by atoms with Crippen molar-refractivity contribution in [2.75, 3.05) is 0 Å². The average Bonchev–Trinajstić information content (AvgIpc) is 3.76. The first-order valence-corrected chi connectivity index (χ1v) is 18.3. The van der Waals surface area contributed by atoms with E-state index in [0.29, 0.717) is 11.3 Å². The van der Waals surface area contributed by atoms with Gasteiger partial charge in [0, 0.05) is 21.1 Å². The lowest BCUT2D eigenvalue weighted by Gasteiger charge is -2.34. The lowest BCUT2D eigenvalue weighted by atomic mass is 10.1. The molecule has 0 bridgehead atoms. The molecule has 234 valence electrons. The SMILES string of the molecule is [2H]C([2H])([2H])c1ccnc(-n2c3ccccc3c3ccc([Si](c4ccccc4)(c4ccccc4)c4cccc(-n5c[n+](C([2H])([2H])[2H])c6ccccc65)c4)cc32)c1. The number of para-hydroxylation sites is 3. The van der Waals surface area contributed by atoms with E-state index in [9.17, 15) is 0 Å². The molecule has 3 aromatic heterocycles. The van der Waals surface area contributed by atoms with Gasteiger partial charge >= 0.3 is 0 Å². The molecule has 6 aromatic carbocycles. The van der Waals surface area contributed by atoms with Crippen LogP contribution in [-0.2, 0) is 6.98 Å². The molecule has 4 nitrogen and oxygen atoms in total. The Morgan fingerprint density at radius 3 is 2.02 bits per heavy atom. The van der Waals surface area contributed by atoms with Crippen molar-refractivity contribution in [2.45, 2.75) is 6.85 Å². The van der Waals surface area contributed by atoms with Gasteiger partial charge in [-0.1, -0.05) is 115 Å². The Balaban J connectivity index is 1.37. The predicted octanol–water partition coefficient (Wildman–Crippen LogP) is 6.63. The fraction of sp³-hybridized carbons (Fsp3) is 0.0455. The van der Waals surface area contributed by atoms with Gasteiger partial charge in [0.05, 0.1) is 22.1 Å². The molecule has 5 heteroatoms. The van der Waals surface area contributed by atoms with Crippen LogP contribution in [0.5, 0.6) is 0 Å². The van der Waals surface area contributed by atoms with E-state index in [1.807, 2.05) is 65.2 Å². The first-order chi connectivity index (χ1) is 26.5. The standard InChI is InChI=1S/C44H35N4Si/c1-32-26-27-45-44(28-32)48-40-21-10-9-20-38(40)39-25-24-37(30-43(39)48)49(34-15-5-3-6-16-34,35-17-7-4-8-18-35)36-19-13-14-33(29-36)47-31-46(2)41-22-11-12-23-42(41)47/h3-31H,1-2H3/q+1/i1D3,2D3. The van der Waals surface area contributed by atoms with Crippen LogP contribution in [0.3, 0.4) is 0 Å². The molecule has 0 unspecified atom stereocenters. The third-order valence-corrected chi connectivity index (χ3v) is 14.4. The van der Waals surface area contributed by atoms with Gasteiger partial charge in [0.25, 0.3) is 0 Å². The molecule has 0 N–H and O–H groups in total. The number of imidazole rings is 1. The van der Waals surface area contributed by atoms with Crippen molar-refractivity contribution in [3.63, 3.8) is 0 Å². The third kappa shape index (κ3) is 4.58. The van der Waals surface area contributed by atoms with Crippen LogP contribution < -0.4 is 25.3 Å². The number of benzene rings is 6. The molecule has 49 heavy (non-hydrogen) atoms. The van der Waals surface area contributed by atoms with Gasteiger partial charge in [-0.05, 0) is 81.7 Å². The fourth-order valence-electron chi connectivity index (χ4n) is 7.57. The lowest BCUT2D eigenvalue weighted by molar-refractivity contribution is -0.645. The molecule has 9 aromatic rings. The molecule has 0 saturated heterocycles. The Morgan fingerprint density at radius 1 is 0.571 bits per heavy atom. The normalized spacial score (nSPS) is 14.2. The topological polar surface area (TPSA) is 26.6 Å². The van der Waals surface area contributed by atoms with Gasteiger partial charge in [0.15, 0.2) is 19.1 Å². The first-order valence-electron chi connectivity index (χ1n) is 19.3. The van der Waals surface area contributed by atoms with Gasteiger partial charge in [0.1, 0.15) is 11.5 Å². The summed E-state index contributed by atoms with van der Waals surface area (Å²) in [6, 6.07) is 55.4. The van der Waals surface area contributed by atoms with E-state index >= 15 is 0 Å². The zero-order valence-corrected chi connectivity index (χ0v) is 27.5. The zero-order chi connectivity index (χ0) is 38.0. The highest BCUT2D eigenvalue weighted by Gasteiger charge is 2.42. The number of aryl methyl sites for hydroxylation is 2. The van der Waals surface area contributed by atoms with Crippen LogP contribution in [-0.4, -0.2) is 22.2 Å². The van der Waals surface area contributed by atoms with Crippen molar-refractivity contribution in [3.8, 4) is 11.5 Å². The largest absolute Gasteiger partial charge is 0.294 e. The second-order valence-electron chi connectivity index (χ2n) is 12.4. The number of hydrogen-bond donors (Lipinski definition) is 0. The van der Waals surface area contributed by atoms with Gasteiger partial charge in [-0.2, -0.15) is 4.57 Å². The quantitative estimate of drug-likeness (QED) is 0.112. The van der Waals surface area contributed by atoms with Crippen LogP contribution >= 0.6 is 0 Å². The van der Waals surface area contributed by atoms with Gasteiger partial charge in [0.2, 0.25) is 6.33 Å². The molecule has 0 aliphatic carbocycles. The van der Waals surface area contributed by atoms with Crippen molar-refractivity contribution < 1.29 is 12.8 Å². The average molecular weight is 654 g/mol. The molecule has 0 aliphatic heterocycles. The maximum atomic E-state index is 8.29. The van der Waals surface area contributed by atoms with E-state index in [1.54, 1.807) is 24.7 Å². The monoisotopic (exact) mass is 653 g/mol. The van der Waals surface area contributed by atoms with E-state index in [-0.39, 0.29) is 5.56 Å². The molecular formula is C44H35N4Si+. The predicted molar refractivity (Wildman–Crippen MR) is 205 cm³/mol. The minimum Gasteiger partial charge on any atom is -0.294 e. The molecular weight excluding hydrogens is 613 g/mol. The summed E-state index contributed by atoms with van der Waals surface area (Å²) >= 11 is 0. The van der Waals surface area contributed by atoms with Crippen molar-refractivity contribution in [2.24, 2.45) is 6.98 Å². The number of aromatic nitrogens is 4. The van der Waals surface area contributed by atoms with Gasteiger partial charge in [-0.15, -0.1) is 0 Å². The van der Waals surface area contributed by atoms with Crippen molar-refractivity contribution >= 4 is 61.7 Å². The van der Waals surface area contributed by atoms with Gasteiger partial charge in [-0.25, -0.2) is 9.55 Å². The highest BCUT2D eigenvalue weighted by Crippen LogP contribution is 2.31. The van der Waals surface area contributed by atoms with E-state index < -0.39 is 21.9 Å². The Kier molecular flexibility index (Phi) is 5.51. The van der Waals surface area contributed by atoms with Gasteiger partial charge < -0.3 is 0 Å². The summed E-state index contributed by atoms with van der Waals surface area (Å²) in [5.41, 5.74) is 4.34. The third-order valence-electron chi connectivity index (χ3n) is 9.68. The summed E-state index contributed by atoms with van der Waals surface area (Å²) in [7, 11) is -3.15. The van der Waals surface area contributed by atoms with E-state index in [4.69, 9.17) is 13.2 Å². The number of nitrogens with zero attached hydrogens (tertiary/aromatic N) is 4. The molecule has 0 aliphatic rings. The molecule has 3 heterocycles. The molecule has 0 radical (unpaired) electrons. The summed E-state index contributed by atoms with van der Waals surface area (Å²) in [6.45, 7) is -4.65. The minimum atomic E-state index is -3.15. The van der Waals surface area contributed by atoms with Crippen LogP contribution in [0.2, 0.25) is 0 Å². The molecule has 0 amide bonds. The summed E-state index contributed by atoms with van der Waals surface area (Å²) < 4.78 is 54.7. The van der Waals surface area contributed by atoms with E-state index in [1.165, 1.54) is 14.9 Å². The number of pyridine rings is 1.